The summed E-state index contributed by atoms with van der Waals surface area (Å²) in [5, 5.41) is 0.717. The maximum absolute atomic E-state index is 12.4. The molecule has 0 aliphatic carbocycles. The molecule has 0 N–H and O–H groups in total. The first-order valence-electron chi connectivity index (χ1n) is 8.29. The first kappa shape index (κ1) is 16.8. The van der Waals surface area contributed by atoms with Gasteiger partial charge in [-0.1, -0.05) is 23.7 Å². The number of carbonyl (C=O) groups excluding carboxylic acids is 1. The van der Waals surface area contributed by atoms with E-state index in [1.807, 2.05) is 41.3 Å². The Morgan fingerprint density at radius 1 is 1.21 bits per heavy atom. The Labute approximate surface area is 147 Å². The van der Waals surface area contributed by atoms with Crippen molar-refractivity contribution in [3.8, 4) is 5.75 Å². The third kappa shape index (κ3) is 4.71. The van der Waals surface area contributed by atoms with E-state index >= 15 is 0 Å². The Bertz CT molecular complexity index is 670. The van der Waals surface area contributed by atoms with Crippen LogP contribution in [0.25, 0.3) is 0 Å². The second-order valence-electron chi connectivity index (χ2n) is 6.01. The van der Waals surface area contributed by atoms with Gasteiger partial charge in [-0.15, -0.1) is 0 Å². The summed E-state index contributed by atoms with van der Waals surface area (Å²) in [5.74, 6) is 1.05. The second-order valence-corrected chi connectivity index (χ2v) is 6.45. The van der Waals surface area contributed by atoms with Gasteiger partial charge in [0, 0.05) is 49.8 Å². The van der Waals surface area contributed by atoms with Gasteiger partial charge in [0.15, 0.2) is 0 Å². The molecule has 1 aliphatic rings. The van der Waals surface area contributed by atoms with Gasteiger partial charge in [-0.2, -0.15) is 0 Å². The van der Waals surface area contributed by atoms with Gasteiger partial charge in [-0.25, -0.2) is 0 Å². The Kier molecular flexibility index (Phi) is 5.70. The lowest BCUT2D eigenvalue weighted by Gasteiger charge is -2.32. The van der Waals surface area contributed by atoms with Gasteiger partial charge in [0.1, 0.15) is 11.9 Å². The summed E-state index contributed by atoms with van der Waals surface area (Å²) in [6.45, 7) is 1.51. The van der Waals surface area contributed by atoms with E-state index in [1.54, 1.807) is 12.4 Å². The van der Waals surface area contributed by atoms with E-state index in [0.29, 0.717) is 11.4 Å². The molecule has 0 atom stereocenters. The Hall–Kier alpha value is -2.07. The number of ether oxygens (including phenoxy) is 1. The SMILES string of the molecule is O=C(CCc1cccc(Cl)c1)N1CCC(Oc2ccncc2)CC1. The molecule has 1 aromatic heterocycles. The maximum Gasteiger partial charge on any atom is 0.222 e. The average molecular weight is 345 g/mol. The van der Waals surface area contributed by atoms with E-state index in [2.05, 4.69) is 4.98 Å². The van der Waals surface area contributed by atoms with Crippen molar-refractivity contribution in [3.63, 3.8) is 0 Å². The standard InChI is InChI=1S/C19H21ClN2O2/c20-16-3-1-2-15(14-16)4-5-19(23)22-12-8-18(9-13-22)24-17-6-10-21-11-7-17/h1-3,6-7,10-11,14,18H,4-5,8-9,12-13H2. The maximum atomic E-state index is 12.4. The summed E-state index contributed by atoms with van der Waals surface area (Å²) < 4.78 is 5.93. The number of aromatic nitrogens is 1. The van der Waals surface area contributed by atoms with Crippen molar-refractivity contribution in [2.24, 2.45) is 0 Å². The monoisotopic (exact) mass is 344 g/mol. The molecule has 1 amide bonds. The Balaban J connectivity index is 1.43. The minimum atomic E-state index is 0.171. The smallest absolute Gasteiger partial charge is 0.222 e. The molecule has 0 radical (unpaired) electrons. The van der Waals surface area contributed by atoms with Crippen molar-refractivity contribution >= 4 is 17.5 Å². The van der Waals surface area contributed by atoms with Crippen molar-refractivity contribution in [2.45, 2.75) is 31.8 Å². The Morgan fingerprint density at radius 2 is 1.96 bits per heavy atom. The zero-order valence-electron chi connectivity index (χ0n) is 13.5. The highest BCUT2D eigenvalue weighted by Gasteiger charge is 2.23. The van der Waals surface area contributed by atoms with Gasteiger partial charge in [0.2, 0.25) is 5.91 Å². The second kappa shape index (κ2) is 8.15. The number of hydrogen-bond donors (Lipinski definition) is 0. The summed E-state index contributed by atoms with van der Waals surface area (Å²) in [5.41, 5.74) is 1.10. The molecule has 5 heteroatoms. The summed E-state index contributed by atoms with van der Waals surface area (Å²) in [6.07, 6.45) is 6.61. The minimum absolute atomic E-state index is 0.171. The molecule has 0 saturated carbocycles. The van der Waals surface area contributed by atoms with Gasteiger partial charge in [0.05, 0.1) is 0 Å². The molecular formula is C19H21ClN2O2. The molecule has 1 aliphatic heterocycles. The lowest BCUT2D eigenvalue weighted by Crippen LogP contribution is -2.41. The summed E-state index contributed by atoms with van der Waals surface area (Å²) in [6, 6.07) is 11.4. The molecule has 24 heavy (non-hydrogen) atoms. The molecule has 126 valence electrons. The number of aryl methyl sites for hydroxylation is 1. The number of likely N-dealkylation sites (tertiary alicyclic amines) is 1. The van der Waals surface area contributed by atoms with Crippen LogP contribution in [-0.4, -0.2) is 35.0 Å². The van der Waals surface area contributed by atoms with Gasteiger partial charge in [0.25, 0.3) is 0 Å². The largest absolute Gasteiger partial charge is 0.490 e. The van der Waals surface area contributed by atoms with E-state index in [-0.39, 0.29) is 12.0 Å². The summed E-state index contributed by atoms with van der Waals surface area (Å²) >= 11 is 5.98. The highest BCUT2D eigenvalue weighted by Crippen LogP contribution is 2.19. The lowest BCUT2D eigenvalue weighted by atomic mass is 10.1. The molecule has 2 aromatic rings. The third-order valence-electron chi connectivity index (χ3n) is 4.26. The first-order chi connectivity index (χ1) is 11.7. The van der Waals surface area contributed by atoms with E-state index in [1.165, 1.54) is 0 Å². The van der Waals surface area contributed by atoms with Crippen molar-refractivity contribution in [3.05, 3.63) is 59.4 Å². The zero-order valence-corrected chi connectivity index (χ0v) is 14.3. The van der Waals surface area contributed by atoms with Gasteiger partial charge < -0.3 is 9.64 Å². The van der Waals surface area contributed by atoms with Crippen LogP contribution in [0.4, 0.5) is 0 Å². The van der Waals surface area contributed by atoms with Crippen molar-refractivity contribution in [1.82, 2.24) is 9.88 Å². The van der Waals surface area contributed by atoms with E-state index in [0.717, 1.165) is 43.7 Å². The van der Waals surface area contributed by atoms with Crippen LogP contribution in [-0.2, 0) is 11.2 Å². The molecule has 2 heterocycles. The van der Waals surface area contributed by atoms with Crippen LogP contribution in [0.3, 0.4) is 0 Å². The number of carbonyl (C=O) groups is 1. The number of pyridine rings is 1. The van der Waals surface area contributed by atoms with Gasteiger partial charge >= 0.3 is 0 Å². The fourth-order valence-corrected chi connectivity index (χ4v) is 3.15. The molecule has 0 spiro atoms. The fraction of sp³-hybridized carbons (Fsp3) is 0.368. The average Bonchev–Trinajstić information content (AvgIpc) is 2.61. The van der Waals surface area contributed by atoms with E-state index in [4.69, 9.17) is 16.3 Å². The lowest BCUT2D eigenvalue weighted by molar-refractivity contribution is -0.132. The van der Waals surface area contributed by atoms with Crippen LogP contribution in [0.1, 0.15) is 24.8 Å². The predicted molar refractivity (Wildman–Crippen MR) is 94.2 cm³/mol. The van der Waals surface area contributed by atoms with Crippen molar-refractivity contribution in [2.75, 3.05) is 13.1 Å². The van der Waals surface area contributed by atoms with Crippen LogP contribution in [0.5, 0.6) is 5.75 Å². The van der Waals surface area contributed by atoms with Crippen molar-refractivity contribution < 1.29 is 9.53 Å². The highest BCUT2D eigenvalue weighted by molar-refractivity contribution is 6.30. The quantitative estimate of drug-likeness (QED) is 0.829. The van der Waals surface area contributed by atoms with Crippen LogP contribution in [0.15, 0.2) is 48.8 Å². The highest BCUT2D eigenvalue weighted by atomic mass is 35.5. The molecule has 1 aromatic carbocycles. The predicted octanol–water partition coefficient (Wildman–Crippen LogP) is 3.74. The minimum Gasteiger partial charge on any atom is -0.490 e. The Morgan fingerprint density at radius 3 is 2.67 bits per heavy atom. The summed E-state index contributed by atoms with van der Waals surface area (Å²) in [7, 11) is 0. The molecule has 1 saturated heterocycles. The third-order valence-corrected chi connectivity index (χ3v) is 4.50. The zero-order chi connectivity index (χ0) is 16.8. The molecule has 0 unspecified atom stereocenters. The van der Waals surface area contributed by atoms with Gasteiger partial charge in [-0.05, 0) is 36.2 Å². The first-order valence-corrected chi connectivity index (χ1v) is 8.67. The number of halogens is 1. The molecular weight excluding hydrogens is 324 g/mol. The molecule has 4 nitrogen and oxygen atoms in total. The number of piperidine rings is 1. The van der Waals surface area contributed by atoms with Crippen LogP contribution >= 0.6 is 11.6 Å². The van der Waals surface area contributed by atoms with E-state index < -0.39 is 0 Å². The molecule has 0 bridgehead atoms. The van der Waals surface area contributed by atoms with Crippen LogP contribution in [0.2, 0.25) is 5.02 Å². The normalized spacial score (nSPS) is 15.3. The van der Waals surface area contributed by atoms with Crippen LogP contribution < -0.4 is 4.74 Å². The topological polar surface area (TPSA) is 42.4 Å². The molecule has 3 rings (SSSR count). The van der Waals surface area contributed by atoms with E-state index in [9.17, 15) is 4.79 Å². The molecule has 1 fully saturated rings. The van der Waals surface area contributed by atoms with Crippen molar-refractivity contribution in [1.29, 1.82) is 0 Å². The number of rotatable bonds is 5. The number of benzene rings is 1. The fourth-order valence-electron chi connectivity index (χ4n) is 2.93. The number of nitrogens with zero attached hydrogens (tertiary/aromatic N) is 2. The van der Waals surface area contributed by atoms with Crippen LogP contribution in [0, 0.1) is 0 Å². The summed E-state index contributed by atoms with van der Waals surface area (Å²) in [4.78, 5) is 18.3. The number of hydrogen-bond acceptors (Lipinski definition) is 3. The number of amides is 1. The van der Waals surface area contributed by atoms with Gasteiger partial charge in [-0.3, -0.25) is 9.78 Å².